The highest BCUT2D eigenvalue weighted by Gasteiger charge is 2.33. The van der Waals surface area contributed by atoms with Crippen molar-refractivity contribution in [1.29, 1.82) is 0 Å². The van der Waals surface area contributed by atoms with Gasteiger partial charge in [-0.2, -0.15) is 0 Å². The number of fused-ring (bicyclic) bond motifs is 1. The van der Waals surface area contributed by atoms with E-state index in [9.17, 15) is 9.59 Å². The third-order valence-electron chi connectivity index (χ3n) is 5.13. The van der Waals surface area contributed by atoms with E-state index in [0.29, 0.717) is 36.6 Å². The van der Waals surface area contributed by atoms with Crippen molar-refractivity contribution in [3.63, 3.8) is 0 Å². The number of rotatable bonds is 9. The lowest BCUT2D eigenvalue weighted by atomic mass is 9.96. The Labute approximate surface area is 170 Å². The highest BCUT2D eigenvalue weighted by Crippen LogP contribution is 2.45. The van der Waals surface area contributed by atoms with Gasteiger partial charge in [0.2, 0.25) is 0 Å². The first-order valence-electron chi connectivity index (χ1n) is 9.65. The van der Waals surface area contributed by atoms with Crippen LogP contribution in [0.1, 0.15) is 41.6 Å². The number of carbonyl (C=O) groups is 2. The van der Waals surface area contributed by atoms with E-state index in [2.05, 4.69) is 9.72 Å². The van der Waals surface area contributed by atoms with Crippen LogP contribution in [0.3, 0.4) is 0 Å². The summed E-state index contributed by atoms with van der Waals surface area (Å²) in [5.74, 6) is 0.916. The Kier molecular flexibility index (Phi) is 6.69. The fourth-order valence-corrected chi connectivity index (χ4v) is 3.67. The molecule has 0 N–H and O–H groups in total. The third kappa shape index (κ3) is 4.34. The summed E-state index contributed by atoms with van der Waals surface area (Å²) in [6, 6.07) is 5.56. The summed E-state index contributed by atoms with van der Waals surface area (Å²) in [5.41, 5.74) is 3.29. The van der Waals surface area contributed by atoms with Crippen LogP contribution in [-0.2, 0) is 16.1 Å². The zero-order chi connectivity index (χ0) is 20.8. The summed E-state index contributed by atoms with van der Waals surface area (Å²) < 4.78 is 15.8. The number of ether oxygens (including phenoxy) is 3. The standard InChI is InChI=1S/C22H26N2O5/c1-27-18-12-16-17(20(21(18)29-3)15-8-7-10-23-13-15)14-24(22(16)26)11-6-4-5-9-19(25)28-2/h7-8,10,12-13H,4-6,9,11,14H2,1-3H3. The Bertz CT molecular complexity index is 883. The average molecular weight is 398 g/mol. The molecule has 0 unspecified atom stereocenters. The molecule has 2 aromatic rings. The molecule has 0 fully saturated rings. The van der Waals surface area contributed by atoms with Gasteiger partial charge >= 0.3 is 5.97 Å². The minimum atomic E-state index is -0.199. The number of pyridine rings is 1. The van der Waals surface area contributed by atoms with Gasteiger partial charge in [0, 0.05) is 48.6 Å². The Morgan fingerprint density at radius 3 is 2.66 bits per heavy atom. The van der Waals surface area contributed by atoms with Gasteiger partial charge in [0.05, 0.1) is 21.3 Å². The molecule has 0 spiro atoms. The van der Waals surface area contributed by atoms with E-state index in [1.54, 1.807) is 32.7 Å². The largest absolute Gasteiger partial charge is 0.493 e. The molecule has 0 saturated carbocycles. The van der Waals surface area contributed by atoms with E-state index >= 15 is 0 Å². The fourth-order valence-electron chi connectivity index (χ4n) is 3.67. The zero-order valence-electron chi connectivity index (χ0n) is 17.1. The maximum absolute atomic E-state index is 13.0. The molecule has 7 heteroatoms. The van der Waals surface area contributed by atoms with Gasteiger partial charge in [-0.1, -0.05) is 12.5 Å². The number of hydrogen-bond acceptors (Lipinski definition) is 6. The van der Waals surface area contributed by atoms with Crippen molar-refractivity contribution in [2.75, 3.05) is 27.9 Å². The second kappa shape index (κ2) is 9.41. The van der Waals surface area contributed by atoms with Gasteiger partial charge in [0.1, 0.15) is 0 Å². The number of methoxy groups -OCH3 is 3. The van der Waals surface area contributed by atoms with E-state index in [4.69, 9.17) is 9.47 Å². The molecular formula is C22H26N2O5. The number of aromatic nitrogens is 1. The highest BCUT2D eigenvalue weighted by atomic mass is 16.5. The monoisotopic (exact) mass is 398 g/mol. The van der Waals surface area contributed by atoms with Crippen molar-refractivity contribution in [3.05, 3.63) is 41.7 Å². The van der Waals surface area contributed by atoms with Crippen LogP contribution in [0, 0.1) is 0 Å². The van der Waals surface area contributed by atoms with E-state index in [1.165, 1.54) is 7.11 Å². The predicted molar refractivity (Wildman–Crippen MR) is 108 cm³/mol. The molecule has 0 saturated heterocycles. The fraction of sp³-hybridized carbons (Fsp3) is 0.409. The highest BCUT2D eigenvalue weighted by molar-refractivity contribution is 6.02. The Morgan fingerprint density at radius 1 is 1.17 bits per heavy atom. The molecule has 0 radical (unpaired) electrons. The van der Waals surface area contributed by atoms with Crippen LogP contribution in [0.4, 0.5) is 0 Å². The molecule has 1 aromatic heterocycles. The van der Waals surface area contributed by atoms with Crippen molar-refractivity contribution >= 4 is 11.9 Å². The number of unbranched alkanes of at least 4 members (excludes halogenated alkanes) is 2. The van der Waals surface area contributed by atoms with E-state index in [-0.39, 0.29) is 11.9 Å². The van der Waals surface area contributed by atoms with Gasteiger partial charge in [-0.05, 0) is 30.5 Å². The van der Waals surface area contributed by atoms with Crippen molar-refractivity contribution in [2.45, 2.75) is 32.2 Å². The van der Waals surface area contributed by atoms with Gasteiger partial charge in [0.25, 0.3) is 5.91 Å². The summed E-state index contributed by atoms with van der Waals surface area (Å²) in [5, 5.41) is 0. The van der Waals surface area contributed by atoms with Crippen LogP contribution in [0.5, 0.6) is 11.5 Å². The molecule has 1 aliphatic rings. The topological polar surface area (TPSA) is 78.0 Å². The molecule has 1 aromatic carbocycles. The first-order chi connectivity index (χ1) is 14.1. The molecule has 7 nitrogen and oxygen atoms in total. The maximum atomic E-state index is 13.0. The summed E-state index contributed by atoms with van der Waals surface area (Å²) in [7, 11) is 4.56. The second-order valence-corrected chi connectivity index (χ2v) is 6.87. The van der Waals surface area contributed by atoms with Crippen LogP contribution in [0.15, 0.2) is 30.6 Å². The quantitative estimate of drug-likeness (QED) is 0.476. The SMILES string of the molecule is COC(=O)CCCCCN1Cc2c(cc(OC)c(OC)c2-c2cccnc2)C1=O. The van der Waals surface area contributed by atoms with Gasteiger partial charge in [-0.3, -0.25) is 14.6 Å². The van der Waals surface area contributed by atoms with Crippen LogP contribution in [0.25, 0.3) is 11.1 Å². The van der Waals surface area contributed by atoms with Crippen molar-refractivity contribution in [2.24, 2.45) is 0 Å². The average Bonchev–Trinajstić information content (AvgIpc) is 3.07. The van der Waals surface area contributed by atoms with Gasteiger partial charge in [-0.15, -0.1) is 0 Å². The van der Waals surface area contributed by atoms with Crippen LogP contribution >= 0.6 is 0 Å². The number of nitrogens with zero attached hydrogens (tertiary/aromatic N) is 2. The first-order valence-corrected chi connectivity index (χ1v) is 9.65. The molecule has 0 atom stereocenters. The van der Waals surface area contributed by atoms with Gasteiger partial charge in [-0.25, -0.2) is 0 Å². The van der Waals surface area contributed by atoms with E-state index < -0.39 is 0 Å². The number of carbonyl (C=O) groups excluding carboxylic acids is 2. The molecular weight excluding hydrogens is 372 g/mol. The zero-order valence-corrected chi connectivity index (χ0v) is 17.1. The number of amides is 1. The second-order valence-electron chi connectivity index (χ2n) is 6.87. The van der Waals surface area contributed by atoms with E-state index in [0.717, 1.165) is 36.0 Å². The first kappa shape index (κ1) is 20.6. The number of hydrogen-bond donors (Lipinski definition) is 0. The maximum Gasteiger partial charge on any atom is 0.305 e. The molecule has 3 rings (SSSR count). The lowest BCUT2D eigenvalue weighted by molar-refractivity contribution is -0.140. The molecule has 29 heavy (non-hydrogen) atoms. The third-order valence-corrected chi connectivity index (χ3v) is 5.13. The molecule has 0 bridgehead atoms. The molecule has 154 valence electrons. The summed E-state index contributed by atoms with van der Waals surface area (Å²) in [6.45, 7) is 1.14. The van der Waals surface area contributed by atoms with E-state index in [1.807, 2.05) is 17.0 Å². The van der Waals surface area contributed by atoms with Crippen molar-refractivity contribution in [1.82, 2.24) is 9.88 Å². The Morgan fingerprint density at radius 2 is 2.00 bits per heavy atom. The van der Waals surface area contributed by atoms with Crippen LogP contribution < -0.4 is 9.47 Å². The summed E-state index contributed by atoms with van der Waals surface area (Å²) >= 11 is 0. The normalized spacial score (nSPS) is 12.7. The molecule has 1 amide bonds. The number of esters is 1. The molecule has 1 aliphatic heterocycles. The molecule has 2 heterocycles. The van der Waals surface area contributed by atoms with Crippen LogP contribution in [0.2, 0.25) is 0 Å². The summed E-state index contributed by atoms with van der Waals surface area (Å²) in [6.07, 6.45) is 6.32. The Hall–Kier alpha value is -3.09. The Balaban J connectivity index is 1.82. The minimum Gasteiger partial charge on any atom is -0.493 e. The number of benzene rings is 1. The van der Waals surface area contributed by atoms with Gasteiger partial charge < -0.3 is 19.1 Å². The van der Waals surface area contributed by atoms with Crippen molar-refractivity contribution in [3.8, 4) is 22.6 Å². The minimum absolute atomic E-state index is 0.0148. The van der Waals surface area contributed by atoms with Gasteiger partial charge in [0.15, 0.2) is 11.5 Å². The molecule has 0 aliphatic carbocycles. The lowest BCUT2D eigenvalue weighted by Gasteiger charge is -2.17. The van der Waals surface area contributed by atoms with Crippen LogP contribution in [-0.4, -0.2) is 49.6 Å². The smallest absolute Gasteiger partial charge is 0.305 e. The van der Waals surface area contributed by atoms with Crippen molar-refractivity contribution < 1.29 is 23.8 Å². The predicted octanol–water partition coefficient (Wildman–Crippen LogP) is 3.46. The summed E-state index contributed by atoms with van der Waals surface area (Å²) in [4.78, 5) is 30.3. The lowest BCUT2D eigenvalue weighted by Crippen LogP contribution is -2.25.